The van der Waals surface area contributed by atoms with Gasteiger partial charge in [0, 0.05) is 34.6 Å². The van der Waals surface area contributed by atoms with Crippen LogP contribution in [-0.4, -0.2) is 15.5 Å². The Morgan fingerprint density at radius 3 is 2.41 bits per heavy atom. The Balaban J connectivity index is 1.88. The standard InChI is InChI=1S/C26H27NO2/c1-6-27-17(5)22(19-13-9-10-14-20(19)27)24-25(28)23(26(24)29)21(15(2)3)18-12-8-7-11-16(18)4/h7-14,21,23,28H,2,6H2,1,3-5H3. The van der Waals surface area contributed by atoms with Gasteiger partial charge in [-0.2, -0.15) is 0 Å². The van der Waals surface area contributed by atoms with Crippen LogP contribution in [0, 0.1) is 19.8 Å². The number of benzene rings is 2. The first-order valence-corrected chi connectivity index (χ1v) is 10.1. The van der Waals surface area contributed by atoms with Gasteiger partial charge in [-0.1, -0.05) is 54.6 Å². The number of para-hydroxylation sites is 1. The molecule has 1 aliphatic rings. The smallest absolute Gasteiger partial charge is 0.178 e. The number of fused-ring (bicyclic) bond motifs is 1. The topological polar surface area (TPSA) is 42.2 Å². The van der Waals surface area contributed by atoms with Gasteiger partial charge < -0.3 is 9.67 Å². The predicted octanol–water partition coefficient (Wildman–Crippen LogP) is 6.11. The van der Waals surface area contributed by atoms with Gasteiger partial charge in [0.05, 0.1) is 11.5 Å². The van der Waals surface area contributed by atoms with Crippen LogP contribution < -0.4 is 0 Å². The molecule has 3 nitrogen and oxygen atoms in total. The summed E-state index contributed by atoms with van der Waals surface area (Å²) >= 11 is 0. The monoisotopic (exact) mass is 385 g/mol. The van der Waals surface area contributed by atoms with Crippen molar-refractivity contribution in [1.82, 2.24) is 4.57 Å². The minimum atomic E-state index is -0.563. The van der Waals surface area contributed by atoms with Crippen molar-refractivity contribution >= 4 is 22.3 Å². The molecule has 0 bridgehead atoms. The second-order valence-electron chi connectivity index (χ2n) is 8.00. The third-order valence-corrected chi connectivity index (χ3v) is 6.26. The summed E-state index contributed by atoms with van der Waals surface area (Å²) in [6.07, 6.45) is 0. The maximum atomic E-state index is 13.4. The number of hydrogen-bond donors (Lipinski definition) is 1. The molecule has 0 amide bonds. The molecule has 1 heterocycles. The number of ketones is 1. The molecule has 1 aliphatic carbocycles. The lowest BCUT2D eigenvalue weighted by Crippen LogP contribution is -2.36. The van der Waals surface area contributed by atoms with E-state index >= 15 is 0 Å². The Labute approximate surface area is 172 Å². The molecule has 2 unspecified atom stereocenters. The number of hydrogen-bond acceptors (Lipinski definition) is 2. The summed E-state index contributed by atoms with van der Waals surface area (Å²) in [7, 11) is 0. The van der Waals surface area contributed by atoms with Gasteiger partial charge >= 0.3 is 0 Å². The number of aliphatic hydroxyl groups is 1. The lowest BCUT2D eigenvalue weighted by atomic mass is 9.67. The molecule has 3 heteroatoms. The van der Waals surface area contributed by atoms with Gasteiger partial charge in [-0.25, -0.2) is 0 Å². The van der Waals surface area contributed by atoms with E-state index in [1.807, 2.05) is 63.2 Å². The molecule has 148 valence electrons. The van der Waals surface area contributed by atoms with E-state index in [-0.39, 0.29) is 17.5 Å². The number of aliphatic hydroxyl groups excluding tert-OH is 1. The van der Waals surface area contributed by atoms with Gasteiger partial charge in [0.15, 0.2) is 5.78 Å². The fraction of sp³-hybridized carbons (Fsp3) is 0.269. The zero-order chi connectivity index (χ0) is 20.9. The van der Waals surface area contributed by atoms with Crippen LogP contribution in [0.25, 0.3) is 16.5 Å². The summed E-state index contributed by atoms with van der Waals surface area (Å²) in [4.78, 5) is 13.4. The summed E-state index contributed by atoms with van der Waals surface area (Å²) in [6.45, 7) is 13.0. The highest BCUT2D eigenvalue weighted by Crippen LogP contribution is 2.49. The minimum absolute atomic E-state index is 0.000796. The van der Waals surface area contributed by atoms with Crippen LogP contribution in [0.4, 0.5) is 0 Å². The van der Waals surface area contributed by atoms with Gasteiger partial charge in [0.1, 0.15) is 5.76 Å². The van der Waals surface area contributed by atoms with Crippen LogP contribution in [0.2, 0.25) is 0 Å². The fourth-order valence-corrected chi connectivity index (χ4v) is 4.86. The normalized spacial score (nSPS) is 17.5. The van der Waals surface area contributed by atoms with Crippen LogP contribution in [0.5, 0.6) is 0 Å². The number of rotatable bonds is 5. The van der Waals surface area contributed by atoms with E-state index in [2.05, 4.69) is 24.1 Å². The van der Waals surface area contributed by atoms with Gasteiger partial charge in [-0.05, 0) is 44.9 Å². The second-order valence-corrected chi connectivity index (χ2v) is 8.00. The van der Waals surface area contributed by atoms with E-state index in [0.29, 0.717) is 5.57 Å². The van der Waals surface area contributed by atoms with Crippen LogP contribution in [0.15, 0.2) is 66.4 Å². The average molecular weight is 386 g/mol. The molecule has 29 heavy (non-hydrogen) atoms. The second kappa shape index (κ2) is 7.07. The third-order valence-electron chi connectivity index (χ3n) is 6.26. The highest BCUT2D eigenvalue weighted by atomic mass is 16.3. The number of aryl methyl sites for hydroxylation is 2. The van der Waals surface area contributed by atoms with Crippen molar-refractivity contribution < 1.29 is 9.90 Å². The lowest BCUT2D eigenvalue weighted by molar-refractivity contribution is -0.119. The Hall–Kier alpha value is -3.07. The van der Waals surface area contributed by atoms with E-state index in [1.165, 1.54) is 0 Å². The molecule has 0 saturated carbocycles. The van der Waals surface area contributed by atoms with Crippen molar-refractivity contribution in [1.29, 1.82) is 0 Å². The quantitative estimate of drug-likeness (QED) is 0.539. The maximum Gasteiger partial charge on any atom is 0.178 e. The first-order chi connectivity index (χ1) is 13.9. The maximum absolute atomic E-state index is 13.4. The lowest BCUT2D eigenvalue weighted by Gasteiger charge is -2.35. The van der Waals surface area contributed by atoms with E-state index in [9.17, 15) is 9.90 Å². The Morgan fingerprint density at radius 2 is 1.79 bits per heavy atom. The first kappa shape index (κ1) is 19.3. The highest BCUT2D eigenvalue weighted by Gasteiger charge is 2.47. The number of carbonyl (C=O) groups excluding carboxylic acids is 1. The number of nitrogens with zero attached hydrogens (tertiary/aromatic N) is 1. The van der Waals surface area contributed by atoms with Crippen LogP contribution in [0.1, 0.15) is 42.1 Å². The van der Waals surface area contributed by atoms with Crippen molar-refractivity contribution in [2.24, 2.45) is 5.92 Å². The molecule has 0 aliphatic heterocycles. The van der Waals surface area contributed by atoms with E-state index < -0.39 is 5.92 Å². The Morgan fingerprint density at radius 1 is 1.14 bits per heavy atom. The van der Waals surface area contributed by atoms with E-state index in [0.717, 1.165) is 45.4 Å². The fourth-order valence-electron chi connectivity index (χ4n) is 4.86. The van der Waals surface area contributed by atoms with E-state index in [1.54, 1.807) is 0 Å². The molecule has 0 saturated heterocycles. The van der Waals surface area contributed by atoms with Crippen LogP contribution in [0.3, 0.4) is 0 Å². The van der Waals surface area contributed by atoms with Crippen molar-refractivity contribution in [2.75, 3.05) is 0 Å². The summed E-state index contributed by atoms with van der Waals surface area (Å²) in [5.74, 6) is -0.590. The molecular formula is C26H27NO2. The summed E-state index contributed by atoms with van der Waals surface area (Å²) in [6, 6.07) is 16.1. The summed E-state index contributed by atoms with van der Waals surface area (Å²) in [5.41, 5.74) is 6.49. The van der Waals surface area contributed by atoms with Gasteiger partial charge in [-0.3, -0.25) is 4.79 Å². The molecule has 0 spiro atoms. The van der Waals surface area contributed by atoms with Gasteiger partial charge in [-0.15, -0.1) is 0 Å². The molecule has 0 radical (unpaired) electrons. The van der Waals surface area contributed by atoms with Crippen molar-refractivity contribution in [3.8, 4) is 0 Å². The van der Waals surface area contributed by atoms with Crippen molar-refractivity contribution in [3.05, 3.63) is 88.8 Å². The SMILES string of the molecule is C=C(C)C(c1ccccc1C)C1C(=O)C(c2c(C)n(CC)c3ccccc23)=C1O. The minimum Gasteiger partial charge on any atom is -0.511 e. The largest absolute Gasteiger partial charge is 0.511 e. The number of carbonyl (C=O) groups is 1. The Kier molecular flexibility index (Phi) is 4.70. The molecule has 2 aromatic carbocycles. The van der Waals surface area contributed by atoms with Gasteiger partial charge in [0.25, 0.3) is 0 Å². The number of Topliss-reactive ketones (excluding diaryl/α,β-unsaturated/α-hetero) is 1. The molecule has 1 aromatic heterocycles. The zero-order valence-electron chi connectivity index (χ0n) is 17.5. The summed E-state index contributed by atoms with van der Waals surface area (Å²) in [5, 5.41) is 12.2. The average Bonchev–Trinajstić information content (AvgIpc) is 2.98. The van der Waals surface area contributed by atoms with Crippen LogP contribution in [-0.2, 0) is 11.3 Å². The molecular weight excluding hydrogens is 358 g/mol. The molecule has 1 N–H and O–H groups in total. The van der Waals surface area contributed by atoms with Crippen molar-refractivity contribution in [2.45, 2.75) is 40.2 Å². The zero-order valence-corrected chi connectivity index (χ0v) is 17.5. The number of aromatic nitrogens is 1. The van der Waals surface area contributed by atoms with E-state index in [4.69, 9.17) is 0 Å². The summed E-state index contributed by atoms with van der Waals surface area (Å²) < 4.78 is 2.20. The van der Waals surface area contributed by atoms with Gasteiger partial charge in [0.2, 0.25) is 0 Å². The number of allylic oxidation sites excluding steroid dienone is 3. The molecule has 2 atom stereocenters. The third kappa shape index (κ3) is 2.76. The molecule has 0 fully saturated rings. The predicted molar refractivity (Wildman–Crippen MR) is 119 cm³/mol. The van der Waals surface area contributed by atoms with Crippen LogP contribution >= 0.6 is 0 Å². The highest BCUT2D eigenvalue weighted by molar-refractivity contribution is 6.32. The first-order valence-electron chi connectivity index (χ1n) is 10.1. The Bertz CT molecular complexity index is 1180. The molecule has 4 rings (SSSR count). The molecule has 3 aromatic rings. The van der Waals surface area contributed by atoms with Crippen molar-refractivity contribution in [3.63, 3.8) is 0 Å².